The zero-order valence-corrected chi connectivity index (χ0v) is 12.9. The summed E-state index contributed by atoms with van der Waals surface area (Å²) in [7, 11) is -3.76. The molecule has 1 atom stereocenters. The molecule has 1 saturated heterocycles. The second-order valence-electron chi connectivity index (χ2n) is 5.51. The van der Waals surface area contributed by atoms with Crippen molar-refractivity contribution >= 4 is 15.7 Å². The van der Waals surface area contributed by atoms with Crippen molar-refractivity contribution < 1.29 is 17.9 Å². The molecule has 1 fully saturated rings. The van der Waals surface area contributed by atoms with Crippen molar-refractivity contribution in [2.24, 2.45) is 5.92 Å². The largest absolute Gasteiger partial charge is 0.399 e. The number of anilines is 1. The van der Waals surface area contributed by atoms with Gasteiger partial charge in [-0.15, -0.1) is 0 Å². The normalized spacial score (nSPS) is 20.6. The summed E-state index contributed by atoms with van der Waals surface area (Å²) in [5, 5.41) is 9.01. The number of halogens is 1. The monoisotopic (exact) mass is 316 g/mol. The van der Waals surface area contributed by atoms with E-state index in [0.29, 0.717) is 19.5 Å². The van der Waals surface area contributed by atoms with E-state index < -0.39 is 15.8 Å². The predicted molar refractivity (Wildman–Crippen MR) is 78.7 cm³/mol. The average molecular weight is 316 g/mol. The quantitative estimate of drug-likeness (QED) is 0.825. The summed E-state index contributed by atoms with van der Waals surface area (Å²) in [6.07, 6.45) is 2.22. The van der Waals surface area contributed by atoms with E-state index in [4.69, 9.17) is 10.8 Å². The second kappa shape index (κ2) is 6.29. The molecule has 1 aromatic carbocycles. The van der Waals surface area contributed by atoms with Crippen molar-refractivity contribution in [1.29, 1.82) is 0 Å². The first-order chi connectivity index (χ1) is 9.86. The number of aliphatic hydroxyl groups is 1. The lowest BCUT2D eigenvalue weighted by Crippen LogP contribution is -2.40. The van der Waals surface area contributed by atoms with E-state index in [1.807, 2.05) is 0 Å². The number of nitrogen functional groups attached to an aromatic ring is 1. The minimum absolute atomic E-state index is 0.0461. The molecule has 0 aromatic heterocycles. The first-order valence-electron chi connectivity index (χ1n) is 7.03. The average Bonchev–Trinajstić information content (AvgIpc) is 2.43. The van der Waals surface area contributed by atoms with Crippen LogP contribution in [0.25, 0.3) is 0 Å². The van der Waals surface area contributed by atoms with Gasteiger partial charge in [0.2, 0.25) is 10.0 Å². The second-order valence-corrected chi connectivity index (χ2v) is 7.42. The number of nitrogens with zero attached hydrogens (tertiary/aromatic N) is 1. The first kappa shape index (κ1) is 16.2. The molecule has 1 unspecified atom stereocenters. The smallest absolute Gasteiger partial charge is 0.243 e. The fourth-order valence-electron chi connectivity index (χ4n) is 2.74. The van der Waals surface area contributed by atoms with Crippen molar-refractivity contribution in [2.45, 2.75) is 31.1 Å². The van der Waals surface area contributed by atoms with Crippen molar-refractivity contribution in [3.05, 3.63) is 23.5 Å². The van der Waals surface area contributed by atoms with Gasteiger partial charge in [0.05, 0.1) is 4.90 Å². The lowest BCUT2D eigenvalue weighted by molar-refractivity contribution is 0.203. The molecular formula is C14H21FN2O3S. The molecule has 118 valence electrons. The number of sulfonamides is 1. The van der Waals surface area contributed by atoms with E-state index in [1.54, 1.807) is 0 Å². The Bertz CT molecular complexity index is 617. The van der Waals surface area contributed by atoms with Crippen LogP contribution in [-0.2, 0) is 10.0 Å². The van der Waals surface area contributed by atoms with Gasteiger partial charge < -0.3 is 10.8 Å². The fourth-order valence-corrected chi connectivity index (χ4v) is 4.57. The Morgan fingerprint density at radius 3 is 2.86 bits per heavy atom. The number of piperidine rings is 1. The summed E-state index contributed by atoms with van der Waals surface area (Å²) in [5.74, 6) is -0.470. The maximum atomic E-state index is 13.7. The maximum absolute atomic E-state index is 13.7. The summed E-state index contributed by atoms with van der Waals surface area (Å²) < 4.78 is 40.5. The third-order valence-corrected chi connectivity index (χ3v) is 5.95. The Morgan fingerprint density at radius 2 is 2.19 bits per heavy atom. The Morgan fingerprint density at radius 1 is 1.48 bits per heavy atom. The molecule has 1 aliphatic heterocycles. The Kier molecular flexibility index (Phi) is 4.85. The summed E-state index contributed by atoms with van der Waals surface area (Å²) >= 11 is 0. The SMILES string of the molecule is Cc1c(F)cc(N)cc1S(=O)(=O)N1CCCC(CCO)C1. The maximum Gasteiger partial charge on any atom is 0.243 e. The summed E-state index contributed by atoms with van der Waals surface area (Å²) in [4.78, 5) is -0.0651. The lowest BCUT2D eigenvalue weighted by Gasteiger charge is -2.32. The van der Waals surface area contributed by atoms with Crippen LogP contribution < -0.4 is 5.73 Å². The van der Waals surface area contributed by atoms with Crippen LogP contribution >= 0.6 is 0 Å². The highest BCUT2D eigenvalue weighted by atomic mass is 32.2. The minimum atomic E-state index is -3.76. The van der Waals surface area contributed by atoms with Gasteiger partial charge in [-0.05, 0) is 44.2 Å². The molecule has 0 saturated carbocycles. The highest BCUT2D eigenvalue weighted by Crippen LogP contribution is 2.29. The topological polar surface area (TPSA) is 83.6 Å². The van der Waals surface area contributed by atoms with Crippen LogP contribution in [0.4, 0.5) is 10.1 Å². The van der Waals surface area contributed by atoms with Crippen LogP contribution in [0.5, 0.6) is 0 Å². The highest BCUT2D eigenvalue weighted by molar-refractivity contribution is 7.89. The molecule has 0 radical (unpaired) electrons. The zero-order chi connectivity index (χ0) is 15.6. The zero-order valence-electron chi connectivity index (χ0n) is 12.0. The third kappa shape index (κ3) is 3.36. The molecule has 3 N–H and O–H groups in total. The molecule has 1 aromatic rings. The molecule has 2 rings (SSSR count). The van der Waals surface area contributed by atoms with E-state index in [0.717, 1.165) is 18.9 Å². The number of benzene rings is 1. The van der Waals surface area contributed by atoms with Gasteiger partial charge >= 0.3 is 0 Å². The first-order valence-corrected chi connectivity index (χ1v) is 8.47. The number of hydrogen-bond acceptors (Lipinski definition) is 4. The van der Waals surface area contributed by atoms with Crippen molar-refractivity contribution in [1.82, 2.24) is 4.31 Å². The van der Waals surface area contributed by atoms with Gasteiger partial charge in [-0.25, -0.2) is 12.8 Å². The summed E-state index contributed by atoms with van der Waals surface area (Å²) in [6.45, 7) is 2.26. The van der Waals surface area contributed by atoms with Gasteiger partial charge in [0.15, 0.2) is 0 Å². The molecule has 0 spiro atoms. The molecule has 0 bridgehead atoms. The predicted octanol–water partition coefficient (Wildman–Crippen LogP) is 1.50. The number of nitrogens with two attached hydrogens (primary N) is 1. The van der Waals surface area contributed by atoms with E-state index in [9.17, 15) is 12.8 Å². The standard InChI is InChI=1S/C14H21FN2O3S/c1-10-13(15)7-12(16)8-14(10)21(19,20)17-5-2-3-11(9-17)4-6-18/h7-8,11,18H,2-6,9,16H2,1H3. The van der Waals surface area contributed by atoms with E-state index in [1.165, 1.54) is 17.3 Å². The summed E-state index contributed by atoms with van der Waals surface area (Å²) in [6, 6.07) is 2.43. The molecular weight excluding hydrogens is 295 g/mol. The molecule has 21 heavy (non-hydrogen) atoms. The molecule has 5 nitrogen and oxygen atoms in total. The Labute approximate surface area is 124 Å². The molecule has 0 amide bonds. The number of rotatable bonds is 4. The summed E-state index contributed by atoms with van der Waals surface area (Å²) in [5.41, 5.74) is 5.76. The van der Waals surface area contributed by atoms with Gasteiger partial charge in [0, 0.05) is 30.9 Å². The highest BCUT2D eigenvalue weighted by Gasteiger charge is 2.31. The number of hydrogen-bond donors (Lipinski definition) is 2. The van der Waals surface area contributed by atoms with Crippen molar-refractivity contribution in [3.8, 4) is 0 Å². The van der Waals surface area contributed by atoms with Crippen LogP contribution in [0.1, 0.15) is 24.8 Å². The fraction of sp³-hybridized carbons (Fsp3) is 0.571. The Balaban J connectivity index is 2.34. The van der Waals surface area contributed by atoms with Crippen LogP contribution in [0, 0.1) is 18.7 Å². The molecule has 1 aliphatic rings. The molecule has 7 heteroatoms. The van der Waals surface area contributed by atoms with E-state index in [-0.39, 0.29) is 28.7 Å². The third-order valence-electron chi connectivity index (χ3n) is 3.96. The van der Waals surface area contributed by atoms with Gasteiger partial charge in [-0.1, -0.05) is 0 Å². The Hall–Kier alpha value is -1.18. The van der Waals surface area contributed by atoms with E-state index >= 15 is 0 Å². The number of aliphatic hydroxyl groups excluding tert-OH is 1. The van der Waals surface area contributed by atoms with E-state index in [2.05, 4.69) is 0 Å². The van der Waals surface area contributed by atoms with Gasteiger partial charge in [0.1, 0.15) is 5.82 Å². The van der Waals surface area contributed by atoms with Gasteiger partial charge in [-0.3, -0.25) is 0 Å². The molecule has 1 heterocycles. The van der Waals surface area contributed by atoms with Gasteiger partial charge in [0.25, 0.3) is 0 Å². The van der Waals surface area contributed by atoms with Gasteiger partial charge in [-0.2, -0.15) is 4.31 Å². The van der Waals surface area contributed by atoms with Crippen molar-refractivity contribution in [3.63, 3.8) is 0 Å². The van der Waals surface area contributed by atoms with Crippen molar-refractivity contribution in [2.75, 3.05) is 25.4 Å². The van der Waals surface area contributed by atoms with Crippen LogP contribution in [0.15, 0.2) is 17.0 Å². The van der Waals surface area contributed by atoms with Crippen LogP contribution in [0.2, 0.25) is 0 Å². The lowest BCUT2D eigenvalue weighted by atomic mass is 9.97. The van der Waals surface area contributed by atoms with Crippen LogP contribution in [0.3, 0.4) is 0 Å². The van der Waals surface area contributed by atoms with Crippen LogP contribution in [-0.4, -0.2) is 37.5 Å². The minimum Gasteiger partial charge on any atom is -0.399 e. The molecule has 0 aliphatic carbocycles.